The summed E-state index contributed by atoms with van der Waals surface area (Å²) in [4.78, 5) is 22.7. The van der Waals surface area contributed by atoms with Crippen LogP contribution < -0.4 is 4.90 Å². The lowest BCUT2D eigenvalue weighted by Crippen LogP contribution is -2.49. The standard InChI is InChI=1S/C29H36ClN3O4S/c1-28(2,3)37-27(35)33-15-19(13-24(33)29(4,5)36)32-10-6-7-17-11-18(30)12-22(25(17)32)21-8-9-31-23-14-20(16-34)38-26(21)23/h8-9,11-12,14,19,24,34,36H,6-7,10,13,15-16H2,1-5H3/t19-,24-/m0/s1. The second kappa shape index (κ2) is 9.97. The van der Waals surface area contributed by atoms with Gasteiger partial charge in [-0.15, -0.1) is 11.3 Å². The van der Waals surface area contributed by atoms with E-state index in [1.165, 1.54) is 5.56 Å². The minimum Gasteiger partial charge on any atom is -0.444 e. The van der Waals surface area contributed by atoms with Crippen molar-refractivity contribution < 1.29 is 19.7 Å². The van der Waals surface area contributed by atoms with Gasteiger partial charge in [-0.2, -0.15) is 0 Å². The van der Waals surface area contributed by atoms with Crippen LogP contribution in [0.15, 0.2) is 30.5 Å². The molecule has 1 aromatic carbocycles. The number of amides is 1. The summed E-state index contributed by atoms with van der Waals surface area (Å²) in [6.45, 7) is 10.4. The van der Waals surface area contributed by atoms with Crippen molar-refractivity contribution in [2.45, 2.75) is 83.8 Å². The minimum atomic E-state index is -1.08. The number of fused-ring (bicyclic) bond motifs is 2. The van der Waals surface area contributed by atoms with Crippen LogP contribution in [0.25, 0.3) is 21.3 Å². The number of likely N-dealkylation sites (tertiary alicyclic amines) is 1. The summed E-state index contributed by atoms with van der Waals surface area (Å²) in [6.07, 6.45) is 3.92. The van der Waals surface area contributed by atoms with Crippen molar-refractivity contribution in [2.75, 3.05) is 18.0 Å². The highest BCUT2D eigenvalue weighted by molar-refractivity contribution is 7.19. The van der Waals surface area contributed by atoms with Crippen molar-refractivity contribution in [1.82, 2.24) is 9.88 Å². The predicted molar refractivity (Wildman–Crippen MR) is 153 cm³/mol. The number of carbonyl (C=O) groups is 1. The molecule has 1 fully saturated rings. The number of thiophene rings is 1. The van der Waals surface area contributed by atoms with E-state index in [2.05, 4.69) is 9.88 Å². The SMILES string of the molecule is CC(C)(C)OC(=O)N1C[C@@H](N2CCCc3cc(Cl)cc(-c4ccnc5cc(CO)sc45)c32)C[C@H]1C(C)(C)O. The zero-order chi connectivity index (χ0) is 27.4. The number of hydrogen-bond donors (Lipinski definition) is 2. The fourth-order valence-corrected chi connectivity index (χ4v) is 7.06. The monoisotopic (exact) mass is 557 g/mol. The largest absolute Gasteiger partial charge is 0.444 e. The molecule has 2 aliphatic rings. The number of ether oxygens (including phenoxy) is 1. The predicted octanol–water partition coefficient (Wildman–Crippen LogP) is 6.01. The summed E-state index contributed by atoms with van der Waals surface area (Å²) < 4.78 is 6.75. The molecule has 204 valence electrons. The van der Waals surface area contributed by atoms with Gasteiger partial charge < -0.3 is 24.7 Å². The molecule has 7 nitrogen and oxygen atoms in total. The van der Waals surface area contributed by atoms with Gasteiger partial charge in [-0.25, -0.2) is 4.79 Å². The van der Waals surface area contributed by atoms with Crippen LogP contribution in [0.3, 0.4) is 0 Å². The van der Waals surface area contributed by atoms with Gasteiger partial charge in [-0.05, 0) is 83.7 Å². The lowest BCUT2D eigenvalue weighted by molar-refractivity contribution is -0.0240. The van der Waals surface area contributed by atoms with Gasteiger partial charge in [0.1, 0.15) is 5.60 Å². The molecule has 0 aliphatic carbocycles. The van der Waals surface area contributed by atoms with E-state index in [4.69, 9.17) is 16.3 Å². The van der Waals surface area contributed by atoms with Crippen molar-refractivity contribution in [3.05, 3.63) is 45.9 Å². The topological polar surface area (TPSA) is 86.1 Å². The van der Waals surface area contributed by atoms with Crippen molar-refractivity contribution in [2.24, 2.45) is 0 Å². The van der Waals surface area contributed by atoms with E-state index in [9.17, 15) is 15.0 Å². The Morgan fingerprint density at radius 3 is 2.66 bits per heavy atom. The molecule has 2 N–H and O–H groups in total. The number of aliphatic hydroxyl groups is 2. The Kier molecular flexibility index (Phi) is 7.14. The number of aromatic nitrogens is 1. The van der Waals surface area contributed by atoms with Crippen molar-refractivity contribution in [1.29, 1.82) is 0 Å². The summed E-state index contributed by atoms with van der Waals surface area (Å²) in [5.41, 5.74) is 3.51. The third-order valence-electron chi connectivity index (χ3n) is 7.36. The molecule has 38 heavy (non-hydrogen) atoms. The molecule has 2 aromatic heterocycles. The normalized spacial score (nSPS) is 20.2. The van der Waals surface area contributed by atoms with E-state index >= 15 is 0 Å². The van der Waals surface area contributed by atoms with Gasteiger partial charge in [0.05, 0.1) is 28.5 Å². The fraction of sp³-hybridized carbons (Fsp3) is 0.517. The summed E-state index contributed by atoms with van der Waals surface area (Å²) >= 11 is 8.20. The van der Waals surface area contributed by atoms with Crippen molar-refractivity contribution >= 4 is 44.9 Å². The number of rotatable bonds is 4. The van der Waals surface area contributed by atoms with E-state index < -0.39 is 17.3 Å². The number of pyridine rings is 1. The Morgan fingerprint density at radius 1 is 1.21 bits per heavy atom. The van der Waals surface area contributed by atoms with Crippen LogP contribution >= 0.6 is 22.9 Å². The third kappa shape index (κ3) is 5.24. The number of carbonyl (C=O) groups excluding carboxylic acids is 1. The van der Waals surface area contributed by atoms with Gasteiger partial charge in [0.2, 0.25) is 0 Å². The third-order valence-corrected chi connectivity index (χ3v) is 8.72. The molecule has 2 atom stereocenters. The lowest BCUT2D eigenvalue weighted by atomic mass is 9.91. The molecule has 4 heterocycles. The highest BCUT2D eigenvalue weighted by atomic mass is 35.5. The van der Waals surface area contributed by atoms with Gasteiger partial charge in [-0.1, -0.05) is 11.6 Å². The molecule has 9 heteroatoms. The zero-order valence-corrected chi connectivity index (χ0v) is 24.2. The molecule has 0 unspecified atom stereocenters. The molecular weight excluding hydrogens is 522 g/mol. The highest BCUT2D eigenvalue weighted by Crippen LogP contribution is 2.45. The Labute approximate surface area is 233 Å². The Balaban J connectivity index is 1.58. The quantitative estimate of drug-likeness (QED) is 0.408. The van der Waals surface area contributed by atoms with Gasteiger partial charge in [-0.3, -0.25) is 4.98 Å². The number of anilines is 1. The van der Waals surface area contributed by atoms with Crippen LogP contribution in [0.5, 0.6) is 0 Å². The van der Waals surface area contributed by atoms with Gasteiger partial charge in [0, 0.05) is 52.0 Å². The molecule has 0 bridgehead atoms. The van der Waals surface area contributed by atoms with E-state index in [-0.39, 0.29) is 18.7 Å². The Hall–Kier alpha value is -2.39. The van der Waals surface area contributed by atoms with Crippen molar-refractivity contribution in [3.8, 4) is 11.1 Å². The maximum atomic E-state index is 13.2. The van der Waals surface area contributed by atoms with Crippen LogP contribution in [0.4, 0.5) is 10.5 Å². The molecule has 5 rings (SSSR count). The van der Waals surface area contributed by atoms with E-state index in [0.29, 0.717) is 18.0 Å². The maximum Gasteiger partial charge on any atom is 0.410 e. The minimum absolute atomic E-state index is 0.00610. The molecule has 0 spiro atoms. The zero-order valence-electron chi connectivity index (χ0n) is 22.6. The molecule has 0 radical (unpaired) electrons. The van der Waals surface area contributed by atoms with Crippen LogP contribution in [-0.4, -0.2) is 62.6 Å². The molecule has 1 saturated heterocycles. The summed E-state index contributed by atoms with van der Waals surface area (Å²) in [5.74, 6) is 0. The maximum absolute atomic E-state index is 13.2. The van der Waals surface area contributed by atoms with Gasteiger partial charge >= 0.3 is 6.09 Å². The number of aliphatic hydroxyl groups excluding tert-OH is 1. The van der Waals surface area contributed by atoms with E-state index in [1.54, 1.807) is 36.3 Å². The number of nitrogens with zero attached hydrogens (tertiary/aromatic N) is 3. The lowest BCUT2D eigenvalue weighted by Gasteiger charge is -2.38. The molecule has 1 amide bonds. The molecule has 2 aliphatic heterocycles. The second-order valence-electron chi connectivity index (χ2n) is 11.9. The van der Waals surface area contributed by atoms with Crippen LogP contribution in [0, 0.1) is 0 Å². The first-order valence-electron chi connectivity index (χ1n) is 13.2. The molecule has 0 saturated carbocycles. The number of benzene rings is 1. The van der Waals surface area contributed by atoms with Crippen LogP contribution in [-0.2, 0) is 17.8 Å². The fourth-order valence-electron chi connectivity index (χ4n) is 5.82. The van der Waals surface area contributed by atoms with E-state index in [1.807, 2.05) is 45.0 Å². The average molecular weight is 558 g/mol. The van der Waals surface area contributed by atoms with E-state index in [0.717, 1.165) is 51.3 Å². The first-order chi connectivity index (χ1) is 17.9. The summed E-state index contributed by atoms with van der Waals surface area (Å²) in [6, 6.07) is 7.64. The first-order valence-corrected chi connectivity index (χ1v) is 14.3. The number of hydrogen-bond acceptors (Lipinski definition) is 7. The van der Waals surface area contributed by atoms with Crippen molar-refractivity contribution in [3.63, 3.8) is 0 Å². The van der Waals surface area contributed by atoms with Gasteiger partial charge in [0.15, 0.2) is 0 Å². The average Bonchev–Trinajstić information content (AvgIpc) is 3.46. The smallest absolute Gasteiger partial charge is 0.410 e. The first kappa shape index (κ1) is 27.2. The van der Waals surface area contributed by atoms with Gasteiger partial charge in [0.25, 0.3) is 0 Å². The second-order valence-corrected chi connectivity index (χ2v) is 13.5. The summed E-state index contributed by atoms with van der Waals surface area (Å²) in [7, 11) is 0. The Morgan fingerprint density at radius 2 is 1.97 bits per heavy atom. The number of aryl methyl sites for hydroxylation is 1. The molecular formula is C29H36ClN3O4S. The van der Waals surface area contributed by atoms with Crippen LogP contribution in [0.1, 0.15) is 57.9 Å². The highest BCUT2D eigenvalue weighted by Gasteiger charge is 2.47. The summed E-state index contributed by atoms with van der Waals surface area (Å²) in [5, 5.41) is 21.5. The Bertz CT molecular complexity index is 1360. The number of halogens is 1. The molecule has 3 aromatic rings. The van der Waals surface area contributed by atoms with Crippen LogP contribution in [0.2, 0.25) is 5.02 Å².